The molecule has 0 aliphatic carbocycles. The smallest absolute Gasteiger partial charge is 0.0587 e. The Morgan fingerprint density at radius 1 is 1.50 bits per heavy atom. The van der Waals surface area contributed by atoms with E-state index in [9.17, 15) is 0 Å². The standard InChI is InChI=1S/C13H23NOS/c1-4-13(2,11-14-6-7-15-3)9-12-5-8-16-10-12/h5,8,10,14H,4,6-7,9,11H2,1-3H3. The topological polar surface area (TPSA) is 21.3 Å². The molecule has 0 aromatic carbocycles. The Balaban J connectivity index is 2.37. The van der Waals surface area contributed by atoms with Gasteiger partial charge in [-0.25, -0.2) is 0 Å². The summed E-state index contributed by atoms with van der Waals surface area (Å²) in [7, 11) is 1.74. The lowest BCUT2D eigenvalue weighted by Crippen LogP contribution is -2.34. The second kappa shape index (κ2) is 7.05. The van der Waals surface area contributed by atoms with Gasteiger partial charge in [0.1, 0.15) is 0 Å². The fourth-order valence-electron chi connectivity index (χ4n) is 1.76. The number of ether oxygens (including phenoxy) is 1. The lowest BCUT2D eigenvalue weighted by Gasteiger charge is -2.28. The fraction of sp³-hybridized carbons (Fsp3) is 0.692. The van der Waals surface area contributed by atoms with Gasteiger partial charge in [0.2, 0.25) is 0 Å². The van der Waals surface area contributed by atoms with Gasteiger partial charge in [0.15, 0.2) is 0 Å². The van der Waals surface area contributed by atoms with Crippen molar-refractivity contribution in [2.75, 3.05) is 26.8 Å². The van der Waals surface area contributed by atoms with Crippen LogP contribution < -0.4 is 5.32 Å². The van der Waals surface area contributed by atoms with Gasteiger partial charge in [-0.15, -0.1) is 0 Å². The van der Waals surface area contributed by atoms with Crippen LogP contribution in [-0.4, -0.2) is 26.8 Å². The highest BCUT2D eigenvalue weighted by atomic mass is 32.1. The van der Waals surface area contributed by atoms with Crippen molar-refractivity contribution in [3.05, 3.63) is 22.4 Å². The van der Waals surface area contributed by atoms with Gasteiger partial charge in [0.05, 0.1) is 6.61 Å². The van der Waals surface area contributed by atoms with Crippen molar-refractivity contribution in [2.24, 2.45) is 5.41 Å². The predicted molar refractivity (Wildman–Crippen MR) is 71.2 cm³/mol. The SMILES string of the molecule is CCC(C)(CNCCOC)Cc1ccsc1. The first-order valence-electron chi connectivity index (χ1n) is 5.91. The Kier molecular flexibility index (Phi) is 6.03. The molecule has 0 spiro atoms. The summed E-state index contributed by atoms with van der Waals surface area (Å²) >= 11 is 1.78. The van der Waals surface area contributed by atoms with Gasteiger partial charge in [0, 0.05) is 20.2 Å². The molecule has 2 nitrogen and oxygen atoms in total. The molecule has 0 radical (unpaired) electrons. The zero-order chi connectivity index (χ0) is 11.9. The molecule has 92 valence electrons. The number of nitrogens with one attached hydrogen (secondary N) is 1. The van der Waals surface area contributed by atoms with E-state index in [0.717, 1.165) is 26.1 Å². The van der Waals surface area contributed by atoms with Gasteiger partial charge < -0.3 is 10.1 Å². The molecule has 1 aromatic heterocycles. The van der Waals surface area contributed by atoms with Gasteiger partial charge in [-0.05, 0) is 40.6 Å². The molecule has 0 saturated heterocycles. The van der Waals surface area contributed by atoms with Crippen LogP contribution in [-0.2, 0) is 11.2 Å². The highest BCUT2D eigenvalue weighted by Crippen LogP contribution is 2.26. The molecular weight excluding hydrogens is 218 g/mol. The molecule has 0 saturated carbocycles. The molecule has 1 unspecified atom stereocenters. The van der Waals surface area contributed by atoms with Crippen molar-refractivity contribution >= 4 is 11.3 Å². The van der Waals surface area contributed by atoms with Crippen molar-refractivity contribution in [2.45, 2.75) is 26.7 Å². The Labute approximate surface area is 103 Å². The molecule has 1 atom stereocenters. The van der Waals surface area contributed by atoms with Crippen LogP contribution in [0.1, 0.15) is 25.8 Å². The maximum absolute atomic E-state index is 5.04. The molecule has 0 fully saturated rings. The minimum atomic E-state index is 0.356. The number of rotatable bonds is 8. The molecule has 0 bridgehead atoms. The van der Waals surface area contributed by atoms with Gasteiger partial charge in [-0.3, -0.25) is 0 Å². The summed E-state index contributed by atoms with van der Waals surface area (Å²) in [6.45, 7) is 7.41. The quantitative estimate of drug-likeness (QED) is 0.707. The molecule has 16 heavy (non-hydrogen) atoms. The van der Waals surface area contributed by atoms with Crippen molar-refractivity contribution in [1.29, 1.82) is 0 Å². The van der Waals surface area contributed by atoms with E-state index in [4.69, 9.17) is 4.74 Å². The minimum Gasteiger partial charge on any atom is -0.383 e. The molecule has 1 aromatic rings. The van der Waals surface area contributed by atoms with Gasteiger partial charge in [-0.1, -0.05) is 13.8 Å². The molecule has 1 N–H and O–H groups in total. The van der Waals surface area contributed by atoms with E-state index in [2.05, 4.69) is 36.0 Å². The Morgan fingerprint density at radius 2 is 2.31 bits per heavy atom. The number of thiophene rings is 1. The number of hydrogen-bond donors (Lipinski definition) is 1. The van der Waals surface area contributed by atoms with E-state index in [1.54, 1.807) is 18.4 Å². The van der Waals surface area contributed by atoms with Gasteiger partial charge in [-0.2, -0.15) is 11.3 Å². The van der Waals surface area contributed by atoms with Crippen LogP contribution in [0.15, 0.2) is 16.8 Å². The van der Waals surface area contributed by atoms with Crippen LogP contribution in [0.5, 0.6) is 0 Å². The summed E-state index contributed by atoms with van der Waals surface area (Å²) in [4.78, 5) is 0. The van der Waals surface area contributed by atoms with Crippen molar-refractivity contribution in [3.63, 3.8) is 0 Å². The van der Waals surface area contributed by atoms with Crippen molar-refractivity contribution < 1.29 is 4.74 Å². The van der Waals surface area contributed by atoms with Crippen LogP contribution in [0.4, 0.5) is 0 Å². The van der Waals surface area contributed by atoms with Crippen LogP contribution >= 0.6 is 11.3 Å². The van der Waals surface area contributed by atoms with Crippen molar-refractivity contribution in [3.8, 4) is 0 Å². The average Bonchev–Trinajstić information content (AvgIpc) is 2.77. The maximum atomic E-state index is 5.04. The van der Waals surface area contributed by atoms with Gasteiger partial charge in [0.25, 0.3) is 0 Å². The highest BCUT2D eigenvalue weighted by molar-refractivity contribution is 7.07. The van der Waals surface area contributed by atoms with E-state index in [1.807, 2.05) is 0 Å². The Hall–Kier alpha value is -0.380. The second-order valence-electron chi connectivity index (χ2n) is 4.64. The number of hydrogen-bond acceptors (Lipinski definition) is 3. The summed E-state index contributed by atoms with van der Waals surface area (Å²) in [5, 5.41) is 7.88. The third kappa shape index (κ3) is 4.64. The summed E-state index contributed by atoms with van der Waals surface area (Å²) < 4.78 is 5.04. The van der Waals surface area contributed by atoms with Crippen LogP contribution in [0, 0.1) is 5.41 Å². The first-order valence-corrected chi connectivity index (χ1v) is 6.85. The lowest BCUT2D eigenvalue weighted by atomic mass is 9.82. The highest BCUT2D eigenvalue weighted by Gasteiger charge is 2.22. The molecule has 1 rings (SSSR count). The molecular formula is C13H23NOS. The first-order chi connectivity index (χ1) is 7.70. The zero-order valence-electron chi connectivity index (χ0n) is 10.6. The molecule has 0 aliphatic heterocycles. The summed E-state index contributed by atoms with van der Waals surface area (Å²) in [5.74, 6) is 0. The third-order valence-electron chi connectivity index (χ3n) is 3.10. The fourth-order valence-corrected chi connectivity index (χ4v) is 2.43. The van der Waals surface area contributed by atoms with E-state index >= 15 is 0 Å². The molecule has 0 amide bonds. The van der Waals surface area contributed by atoms with E-state index in [1.165, 1.54) is 12.0 Å². The monoisotopic (exact) mass is 241 g/mol. The zero-order valence-corrected chi connectivity index (χ0v) is 11.4. The Bertz CT molecular complexity index is 273. The van der Waals surface area contributed by atoms with Crippen LogP contribution in [0.2, 0.25) is 0 Å². The number of methoxy groups -OCH3 is 1. The van der Waals surface area contributed by atoms with E-state index in [0.29, 0.717) is 5.41 Å². The summed E-state index contributed by atoms with van der Waals surface area (Å²) in [6, 6.07) is 2.23. The lowest BCUT2D eigenvalue weighted by molar-refractivity contribution is 0.191. The largest absolute Gasteiger partial charge is 0.383 e. The average molecular weight is 241 g/mol. The Morgan fingerprint density at radius 3 is 2.88 bits per heavy atom. The van der Waals surface area contributed by atoms with Crippen LogP contribution in [0.3, 0.4) is 0 Å². The minimum absolute atomic E-state index is 0.356. The summed E-state index contributed by atoms with van der Waals surface area (Å²) in [5.41, 5.74) is 1.82. The van der Waals surface area contributed by atoms with Crippen molar-refractivity contribution in [1.82, 2.24) is 5.32 Å². The molecule has 0 aliphatic rings. The first kappa shape index (κ1) is 13.7. The maximum Gasteiger partial charge on any atom is 0.0587 e. The molecule has 1 heterocycles. The predicted octanol–water partition coefficient (Wildman–Crippen LogP) is 2.94. The van der Waals surface area contributed by atoms with Gasteiger partial charge >= 0.3 is 0 Å². The third-order valence-corrected chi connectivity index (χ3v) is 3.83. The second-order valence-corrected chi connectivity index (χ2v) is 5.42. The van der Waals surface area contributed by atoms with E-state index < -0.39 is 0 Å². The van der Waals surface area contributed by atoms with Crippen LogP contribution in [0.25, 0.3) is 0 Å². The van der Waals surface area contributed by atoms with E-state index in [-0.39, 0.29) is 0 Å². The molecule has 3 heteroatoms. The summed E-state index contributed by atoms with van der Waals surface area (Å²) in [6.07, 6.45) is 2.36. The normalized spacial score (nSPS) is 14.9.